The van der Waals surface area contributed by atoms with Crippen molar-refractivity contribution in [1.82, 2.24) is 10.3 Å². The van der Waals surface area contributed by atoms with Crippen LogP contribution in [0, 0.1) is 0 Å². The maximum Gasteiger partial charge on any atom is 0.180 e. The fourth-order valence-electron chi connectivity index (χ4n) is 2.22. The van der Waals surface area contributed by atoms with Crippen LogP contribution in [0.2, 0.25) is 0 Å². The maximum absolute atomic E-state index is 10.4. The van der Waals surface area contributed by atoms with E-state index in [0.29, 0.717) is 11.2 Å². The average Bonchev–Trinajstić information content (AvgIpc) is 2.66. The summed E-state index contributed by atoms with van der Waals surface area (Å²) in [6.07, 6.45) is 6.05. The Hall–Kier alpha value is -0.650. The first kappa shape index (κ1) is 11.8. The van der Waals surface area contributed by atoms with Crippen molar-refractivity contribution in [3.63, 3.8) is 0 Å². The summed E-state index contributed by atoms with van der Waals surface area (Å²) in [4.78, 5) is 4.85. The van der Waals surface area contributed by atoms with Crippen LogP contribution in [0.5, 0.6) is 0 Å². The Labute approximate surface area is 99.9 Å². The average molecular weight is 241 g/mol. The van der Waals surface area contributed by atoms with Gasteiger partial charge in [0.2, 0.25) is 0 Å². The number of hydrogen-bond donors (Lipinski definition) is 3. The van der Waals surface area contributed by atoms with Crippen LogP contribution in [0.15, 0.2) is 6.20 Å². The standard InChI is InChI=1S/C11H19N3OS/c1-11(15,9-7-14-10(12)16-9)6-8-4-2-3-5-13-8/h7-8,13,15H,2-6H2,1H3,(H2,12,14). The minimum absolute atomic E-state index is 0.409. The Kier molecular flexibility index (Phi) is 3.47. The third-order valence-corrected chi connectivity index (χ3v) is 4.19. The minimum atomic E-state index is -0.815. The Morgan fingerprint density at radius 2 is 2.50 bits per heavy atom. The van der Waals surface area contributed by atoms with E-state index in [0.717, 1.165) is 24.3 Å². The van der Waals surface area contributed by atoms with Gasteiger partial charge < -0.3 is 16.2 Å². The molecule has 2 atom stereocenters. The van der Waals surface area contributed by atoms with Gasteiger partial charge in [-0.25, -0.2) is 4.98 Å². The highest BCUT2D eigenvalue weighted by Crippen LogP contribution is 2.32. The van der Waals surface area contributed by atoms with Crippen LogP contribution in [-0.2, 0) is 5.60 Å². The van der Waals surface area contributed by atoms with E-state index in [1.165, 1.54) is 24.2 Å². The van der Waals surface area contributed by atoms with Crippen LogP contribution in [0.3, 0.4) is 0 Å². The van der Waals surface area contributed by atoms with E-state index in [9.17, 15) is 5.11 Å². The van der Waals surface area contributed by atoms with E-state index in [4.69, 9.17) is 5.73 Å². The molecule has 0 aromatic carbocycles. The van der Waals surface area contributed by atoms with E-state index in [1.807, 2.05) is 6.92 Å². The highest BCUT2D eigenvalue weighted by atomic mass is 32.1. The number of nitrogen functional groups attached to an aromatic ring is 1. The van der Waals surface area contributed by atoms with Crippen LogP contribution in [0.25, 0.3) is 0 Å². The third-order valence-electron chi connectivity index (χ3n) is 3.11. The molecular formula is C11H19N3OS. The lowest BCUT2D eigenvalue weighted by Gasteiger charge is -2.30. The zero-order valence-corrected chi connectivity index (χ0v) is 10.4. The number of aromatic nitrogens is 1. The molecule has 16 heavy (non-hydrogen) atoms. The van der Waals surface area contributed by atoms with Crippen molar-refractivity contribution < 1.29 is 5.11 Å². The Morgan fingerprint density at radius 3 is 3.06 bits per heavy atom. The first-order chi connectivity index (χ1) is 7.58. The monoisotopic (exact) mass is 241 g/mol. The van der Waals surface area contributed by atoms with Gasteiger partial charge in [-0.1, -0.05) is 17.8 Å². The molecule has 0 spiro atoms. The van der Waals surface area contributed by atoms with Crippen LogP contribution >= 0.6 is 11.3 Å². The van der Waals surface area contributed by atoms with Gasteiger partial charge in [0.05, 0.1) is 10.5 Å². The number of thiazole rings is 1. The van der Waals surface area contributed by atoms with Crippen LogP contribution in [0.1, 0.15) is 37.5 Å². The fraction of sp³-hybridized carbons (Fsp3) is 0.727. The summed E-state index contributed by atoms with van der Waals surface area (Å²) >= 11 is 1.37. The SMILES string of the molecule is CC(O)(CC1CCCCN1)c1cnc(N)s1. The largest absolute Gasteiger partial charge is 0.384 e. The van der Waals surface area contributed by atoms with Crippen molar-refractivity contribution in [2.24, 2.45) is 0 Å². The molecule has 0 aliphatic carbocycles. The molecule has 1 saturated heterocycles. The van der Waals surface area contributed by atoms with Gasteiger partial charge in [-0.3, -0.25) is 0 Å². The normalized spacial score (nSPS) is 25.2. The van der Waals surface area contributed by atoms with Crippen LogP contribution < -0.4 is 11.1 Å². The lowest BCUT2D eigenvalue weighted by molar-refractivity contribution is 0.0366. The molecule has 90 valence electrons. The van der Waals surface area contributed by atoms with Crippen LogP contribution in [-0.4, -0.2) is 22.7 Å². The van der Waals surface area contributed by atoms with Gasteiger partial charge in [-0.2, -0.15) is 0 Å². The maximum atomic E-state index is 10.4. The highest BCUT2D eigenvalue weighted by molar-refractivity contribution is 7.15. The van der Waals surface area contributed by atoms with Gasteiger partial charge in [0.25, 0.3) is 0 Å². The summed E-state index contributed by atoms with van der Waals surface area (Å²) in [5, 5.41) is 14.4. The van der Waals surface area contributed by atoms with E-state index < -0.39 is 5.60 Å². The Morgan fingerprint density at radius 1 is 1.69 bits per heavy atom. The Bertz CT molecular complexity index is 345. The molecule has 4 N–H and O–H groups in total. The molecule has 0 radical (unpaired) electrons. The first-order valence-corrected chi connectivity index (χ1v) is 6.57. The number of nitrogens with one attached hydrogen (secondary N) is 1. The number of rotatable bonds is 3. The summed E-state index contributed by atoms with van der Waals surface area (Å²) < 4.78 is 0. The molecule has 2 rings (SSSR count). The van der Waals surface area contributed by atoms with Crippen LogP contribution in [0.4, 0.5) is 5.13 Å². The van der Waals surface area contributed by atoms with E-state index >= 15 is 0 Å². The van der Waals surface area contributed by atoms with E-state index in [-0.39, 0.29) is 0 Å². The molecule has 0 saturated carbocycles. The second-order valence-corrected chi connectivity index (χ2v) is 5.75. The fourth-order valence-corrected chi connectivity index (χ4v) is 2.95. The number of anilines is 1. The molecular weight excluding hydrogens is 222 g/mol. The zero-order chi connectivity index (χ0) is 11.6. The molecule has 0 amide bonds. The number of piperidine rings is 1. The third kappa shape index (κ3) is 2.72. The van der Waals surface area contributed by atoms with Crippen molar-refractivity contribution in [3.05, 3.63) is 11.1 Å². The van der Waals surface area contributed by atoms with Gasteiger partial charge in [0.1, 0.15) is 0 Å². The van der Waals surface area contributed by atoms with Crippen molar-refractivity contribution >= 4 is 16.5 Å². The molecule has 2 heterocycles. The summed E-state index contributed by atoms with van der Waals surface area (Å²) in [5.41, 5.74) is 4.77. The topological polar surface area (TPSA) is 71.2 Å². The molecule has 1 aliphatic heterocycles. The minimum Gasteiger partial charge on any atom is -0.384 e. The molecule has 0 bridgehead atoms. The zero-order valence-electron chi connectivity index (χ0n) is 9.57. The molecule has 1 aromatic rings. The van der Waals surface area contributed by atoms with Gasteiger partial charge in [0, 0.05) is 12.2 Å². The summed E-state index contributed by atoms with van der Waals surface area (Å²) in [6, 6.07) is 0.409. The predicted octanol–water partition coefficient (Wildman–Crippen LogP) is 1.47. The van der Waals surface area contributed by atoms with Crippen molar-refractivity contribution in [2.75, 3.05) is 12.3 Å². The van der Waals surface area contributed by atoms with Gasteiger partial charge in [-0.15, -0.1) is 0 Å². The molecule has 1 aliphatic rings. The van der Waals surface area contributed by atoms with Gasteiger partial charge >= 0.3 is 0 Å². The molecule has 1 fully saturated rings. The summed E-state index contributed by atoms with van der Waals surface area (Å²) in [7, 11) is 0. The molecule has 4 nitrogen and oxygen atoms in total. The molecule has 5 heteroatoms. The second kappa shape index (κ2) is 4.69. The lowest BCUT2D eigenvalue weighted by Crippen LogP contribution is -2.39. The molecule has 1 aromatic heterocycles. The number of hydrogen-bond acceptors (Lipinski definition) is 5. The predicted molar refractivity (Wildman–Crippen MR) is 66.4 cm³/mol. The molecule has 2 unspecified atom stereocenters. The number of aliphatic hydroxyl groups is 1. The van der Waals surface area contributed by atoms with E-state index in [1.54, 1.807) is 6.20 Å². The van der Waals surface area contributed by atoms with Gasteiger partial charge in [0.15, 0.2) is 5.13 Å². The second-order valence-electron chi connectivity index (χ2n) is 4.69. The quantitative estimate of drug-likeness (QED) is 0.749. The summed E-state index contributed by atoms with van der Waals surface area (Å²) in [6.45, 7) is 2.90. The van der Waals surface area contributed by atoms with Gasteiger partial charge in [-0.05, 0) is 32.7 Å². The lowest BCUT2D eigenvalue weighted by atomic mass is 9.91. The smallest absolute Gasteiger partial charge is 0.180 e. The number of nitrogens with zero attached hydrogens (tertiary/aromatic N) is 1. The van der Waals surface area contributed by atoms with Crippen molar-refractivity contribution in [1.29, 1.82) is 0 Å². The summed E-state index contributed by atoms with van der Waals surface area (Å²) in [5.74, 6) is 0. The van der Waals surface area contributed by atoms with Crippen molar-refractivity contribution in [3.8, 4) is 0 Å². The van der Waals surface area contributed by atoms with Crippen molar-refractivity contribution in [2.45, 2.75) is 44.2 Å². The van der Waals surface area contributed by atoms with E-state index in [2.05, 4.69) is 10.3 Å². The number of nitrogens with two attached hydrogens (primary N) is 1. The first-order valence-electron chi connectivity index (χ1n) is 5.75. The Balaban J connectivity index is 2.01. The highest BCUT2D eigenvalue weighted by Gasteiger charge is 2.30.